The minimum Gasteiger partial charge on any atom is -0.425 e. The van der Waals surface area contributed by atoms with Crippen molar-refractivity contribution in [3.05, 3.63) is 104 Å². The monoisotopic (exact) mass is 808 g/mol. The minimum atomic E-state index is -4.68. The Kier molecular flexibility index (Phi) is 12.0. The van der Waals surface area contributed by atoms with Crippen LogP contribution in [0, 0.1) is 18.7 Å². The van der Waals surface area contributed by atoms with Crippen molar-refractivity contribution >= 4 is 45.3 Å². The third kappa shape index (κ3) is 8.56. The summed E-state index contributed by atoms with van der Waals surface area (Å²) in [6, 6.07) is 6.16. The van der Waals surface area contributed by atoms with E-state index in [1.54, 1.807) is 26.0 Å². The van der Waals surface area contributed by atoms with Crippen LogP contribution in [-0.4, -0.2) is 81.3 Å². The summed E-state index contributed by atoms with van der Waals surface area (Å²) in [4.78, 5) is 76.7. The number of fused-ring (bicyclic) bond motifs is 2. The molecule has 5 aromatic rings. The van der Waals surface area contributed by atoms with E-state index >= 15 is 4.39 Å². The number of carbonyl (C=O) groups is 3. The Labute approximate surface area is 328 Å². The van der Waals surface area contributed by atoms with Crippen molar-refractivity contribution in [3.63, 3.8) is 0 Å². The summed E-state index contributed by atoms with van der Waals surface area (Å²) in [5, 5.41) is 3.10. The van der Waals surface area contributed by atoms with Gasteiger partial charge in [-0.3, -0.25) is 28.9 Å². The van der Waals surface area contributed by atoms with Crippen LogP contribution in [0.2, 0.25) is 0 Å². The molecule has 1 aliphatic rings. The number of rotatable bonds is 11. The fraction of sp³-hybridized carbons (Fsp3) is 0.375. The van der Waals surface area contributed by atoms with Gasteiger partial charge in [0.15, 0.2) is 0 Å². The highest BCUT2D eigenvalue weighted by Crippen LogP contribution is 2.33. The number of morpholine rings is 1. The average Bonchev–Trinajstić information content (AvgIpc) is 3.16. The maximum Gasteiger partial charge on any atom is 0.411 e. The quantitative estimate of drug-likeness (QED) is 0.112. The average molecular weight is 809 g/mol. The molecule has 0 saturated carbocycles. The van der Waals surface area contributed by atoms with Gasteiger partial charge in [-0.1, -0.05) is 26.0 Å². The highest BCUT2D eigenvalue weighted by molar-refractivity contribution is 5.99. The molecule has 1 amide bonds. The lowest BCUT2D eigenvalue weighted by Crippen LogP contribution is -2.53. The molecule has 1 aliphatic heterocycles. The van der Waals surface area contributed by atoms with E-state index in [0.29, 0.717) is 16.5 Å². The van der Waals surface area contributed by atoms with E-state index in [1.807, 2.05) is 0 Å². The van der Waals surface area contributed by atoms with Crippen LogP contribution < -0.4 is 21.5 Å². The number of nitrogens with zero attached hydrogens (tertiary/aromatic N) is 5. The normalized spacial score (nSPS) is 15.7. The zero-order chi connectivity index (χ0) is 42.1. The maximum absolute atomic E-state index is 15.8. The van der Waals surface area contributed by atoms with Crippen LogP contribution in [-0.2, 0) is 37.3 Å². The number of nitrogens with one attached hydrogen (secondary N) is 1. The molecular formula is C40H40F4N6O8. The van der Waals surface area contributed by atoms with Gasteiger partial charge in [0.2, 0.25) is 6.29 Å². The van der Waals surface area contributed by atoms with Crippen LogP contribution in [0.3, 0.4) is 0 Å². The van der Waals surface area contributed by atoms with Crippen LogP contribution in [0.5, 0.6) is 0 Å². The van der Waals surface area contributed by atoms with Gasteiger partial charge in [-0.25, -0.2) is 18.5 Å². The number of halogens is 4. The first-order valence-corrected chi connectivity index (χ1v) is 18.3. The van der Waals surface area contributed by atoms with Gasteiger partial charge in [0.1, 0.15) is 17.9 Å². The number of pyridine rings is 2. The molecule has 1 fully saturated rings. The standard InChI is InChI=1S/C40H40F4N6O8/c1-21(2)15-33(51)57-23(4)58-38(54)29(47-36(52)34-22(3)16-25(18-28(34)41)49-13-14-56-20-32(49)40(42,43)44)17-24-8-9-30(35-26(24)7-6-11-46-35)50-37(53)27-10-12-45-19-31(27)48(5)39(50)55/h6-12,16,18-19,21,23,29,32H,13-15,17,20H2,1-5H3,(H,47,52)/t23?,29-,32+/m0/s1. The highest BCUT2D eigenvalue weighted by atomic mass is 19.4. The number of amides is 1. The van der Waals surface area contributed by atoms with Crippen molar-refractivity contribution in [2.24, 2.45) is 13.0 Å². The first-order valence-electron chi connectivity index (χ1n) is 18.3. The molecule has 58 heavy (non-hydrogen) atoms. The number of carbonyl (C=O) groups excluding carboxylic acids is 3. The smallest absolute Gasteiger partial charge is 0.411 e. The van der Waals surface area contributed by atoms with Crippen molar-refractivity contribution in [2.75, 3.05) is 24.7 Å². The third-order valence-electron chi connectivity index (χ3n) is 9.66. The second-order valence-electron chi connectivity index (χ2n) is 14.3. The van der Waals surface area contributed by atoms with Crippen LogP contribution in [0.25, 0.3) is 27.5 Å². The molecule has 0 radical (unpaired) electrons. The van der Waals surface area contributed by atoms with Gasteiger partial charge in [-0.2, -0.15) is 13.2 Å². The number of esters is 2. The summed E-state index contributed by atoms with van der Waals surface area (Å²) < 4.78 is 75.3. The molecule has 1 N–H and O–H groups in total. The number of aryl methyl sites for hydroxylation is 2. The number of benzene rings is 2. The first kappa shape index (κ1) is 41.5. The molecule has 18 heteroatoms. The topological polar surface area (TPSA) is 164 Å². The molecule has 3 atom stereocenters. The molecule has 14 nitrogen and oxygen atoms in total. The van der Waals surface area contributed by atoms with E-state index in [9.17, 15) is 37.1 Å². The lowest BCUT2D eigenvalue weighted by atomic mass is 9.99. The van der Waals surface area contributed by atoms with Crippen LogP contribution >= 0.6 is 0 Å². The van der Waals surface area contributed by atoms with Gasteiger partial charge in [-0.15, -0.1) is 0 Å². The second kappa shape index (κ2) is 16.7. The Balaban J connectivity index is 1.37. The number of alkyl halides is 3. The van der Waals surface area contributed by atoms with Crippen LogP contribution in [0.1, 0.15) is 48.7 Å². The van der Waals surface area contributed by atoms with Gasteiger partial charge in [-0.05, 0) is 54.3 Å². The number of hydrogen-bond donors (Lipinski definition) is 1. The second-order valence-corrected chi connectivity index (χ2v) is 14.3. The van der Waals surface area contributed by atoms with Gasteiger partial charge < -0.3 is 24.4 Å². The van der Waals surface area contributed by atoms with E-state index in [2.05, 4.69) is 15.3 Å². The van der Waals surface area contributed by atoms with Crippen molar-refractivity contribution in [1.29, 1.82) is 0 Å². The highest BCUT2D eigenvalue weighted by Gasteiger charge is 2.46. The van der Waals surface area contributed by atoms with E-state index in [4.69, 9.17) is 14.2 Å². The largest absolute Gasteiger partial charge is 0.425 e. The Bertz CT molecular complexity index is 2500. The summed E-state index contributed by atoms with van der Waals surface area (Å²) in [5.74, 6) is -3.98. The molecule has 0 bridgehead atoms. The van der Waals surface area contributed by atoms with Gasteiger partial charge in [0.05, 0.1) is 47.1 Å². The Morgan fingerprint density at radius 2 is 1.79 bits per heavy atom. The van der Waals surface area contributed by atoms with E-state index in [0.717, 1.165) is 15.5 Å². The SMILES string of the molecule is Cc1cc(N2CCOC[C@@H]2C(F)(F)F)cc(F)c1C(=O)N[C@@H](Cc1ccc(-n2c(=O)c3ccncc3n(C)c2=O)c2ncccc12)C(=O)OC(C)OC(=O)CC(C)C. The number of hydrogen-bond acceptors (Lipinski definition) is 11. The summed E-state index contributed by atoms with van der Waals surface area (Å²) in [6.07, 6.45) is -2.07. The van der Waals surface area contributed by atoms with Gasteiger partial charge in [0.25, 0.3) is 11.5 Å². The molecule has 2 aromatic carbocycles. The maximum atomic E-state index is 15.8. The molecule has 4 heterocycles. The fourth-order valence-electron chi connectivity index (χ4n) is 6.93. The lowest BCUT2D eigenvalue weighted by molar-refractivity contribution is -0.186. The summed E-state index contributed by atoms with van der Waals surface area (Å²) in [5.41, 5.74) is -0.932. The predicted molar refractivity (Wildman–Crippen MR) is 203 cm³/mol. The zero-order valence-electron chi connectivity index (χ0n) is 32.1. The molecule has 1 saturated heterocycles. The first-order chi connectivity index (χ1) is 27.5. The van der Waals surface area contributed by atoms with E-state index in [1.165, 1.54) is 68.3 Å². The number of aromatic nitrogens is 4. The summed E-state index contributed by atoms with van der Waals surface area (Å²) in [6.45, 7) is 5.39. The van der Waals surface area contributed by atoms with E-state index < -0.39 is 71.6 Å². The fourth-order valence-corrected chi connectivity index (χ4v) is 6.93. The lowest BCUT2D eigenvalue weighted by Gasteiger charge is -2.38. The molecule has 6 rings (SSSR count). The van der Waals surface area contributed by atoms with Gasteiger partial charge >= 0.3 is 23.8 Å². The number of anilines is 1. The van der Waals surface area contributed by atoms with Crippen molar-refractivity contribution < 1.29 is 46.2 Å². The molecule has 0 aliphatic carbocycles. The van der Waals surface area contributed by atoms with E-state index in [-0.39, 0.29) is 59.8 Å². The Hall–Kier alpha value is -6.17. The number of ether oxygens (including phenoxy) is 3. The Morgan fingerprint density at radius 3 is 2.50 bits per heavy atom. The molecular weight excluding hydrogens is 768 g/mol. The molecule has 0 spiro atoms. The summed E-state index contributed by atoms with van der Waals surface area (Å²) in [7, 11) is 1.49. The van der Waals surface area contributed by atoms with Gasteiger partial charge in [0, 0.05) is 56.8 Å². The Morgan fingerprint density at radius 1 is 1.03 bits per heavy atom. The zero-order valence-corrected chi connectivity index (χ0v) is 32.1. The van der Waals surface area contributed by atoms with Crippen molar-refractivity contribution in [3.8, 4) is 5.69 Å². The minimum absolute atomic E-state index is 0.0137. The molecule has 1 unspecified atom stereocenters. The molecule has 306 valence electrons. The van der Waals surface area contributed by atoms with Crippen molar-refractivity contribution in [2.45, 2.75) is 65.1 Å². The summed E-state index contributed by atoms with van der Waals surface area (Å²) >= 11 is 0. The third-order valence-corrected chi connectivity index (χ3v) is 9.66. The molecule has 3 aromatic heterocycles. The predicted octanol–water partition coefficient (Wildman–Crippen LogP) is 4.67. The van der Waals surface area contributed by atoms with Crippen LogP contribution in [0.15, 0.2) is 70.6 Å². The van der Waals surface area contributed by atoms with Crippen LogP contribution in [0.4, 0.5) is 23.2 Å². The van der Waals surface area contributed by atoms with Crippen molar-refractivity contribution in [1.82, 2.24) is 24.4 Å².